The second kappa shape index (κ2) is 8.90. The minimum Gasteiger partial charge on any atom is -0.352 e. The van der Waals surface area contributed by atoms with Gasteiger partial charge in [-0.25, -0.2) is 8.42 Å². The highest BCUT2D eigenvalue weighted by atomic mass is 32.2. The third-order valence-electron chi connectivity index (χ3n) is 6.24. The molecule has 1 aliphatic rings. The van der Waals surface area contributed by atoms with Gasteiger partial charge in [-0.15, -0.1) is 0 Å². The molecule has 1 atom stereocenters. The van der Waals surface area contributed by atoms with Crippen molar-refractivity contribution in [3.63, 3.8) is 0 Å². The molecule has 0 bridgehead atoms. The SMILES string of the molecule is Cc1ccc(C(=O)NCC2CCCN(S(=O)(=O)c3c(C)c(C)cc(C)c3C)C2)cc1. The summed E-state index contributed by atoms with van der Waals surface area (Å²) < 4.78 is 28.6. The topological polar surface area (TPSA) is 66.5 Å². The third-order valence-corrected chi connectivity index (χ3v) is 8.38. The fourth-order valence-electron chi connectivity index (χ4n) is 4.15. The molecule has 162 valence electrons. The number of aryl methyl sites for hydroxylation is 3. The van der Waals surface area contributed by atoms with Crippen LogP contribution in [0.25, 0.3) is 0 Å². The lowest BCUT2D eigenvalue weighted by atomic mass is 9.99. The monoisotopic (exact) mass is 428 g/mol. The number of nitrogens with one attached hydrogen (secondary N) is 1. The van der Waals surface area contributed by atoms with E-state index >= 15 is 0 Å². The number of hydrogen-bond acceptors (Lipinski definition) is 3. The number of nitrogens with zero attached hydrogens (tertiary/aromatic N) is 1. The number of carbonyl (C=O) groups excluding carboxylic acids is 1. The normalized spacial score (nSPS) is 17.7. The smallest absolute Gasteiger partial charge is 0.251 e. The second-order valence-electron chi connectivity index (χ2n) is 8.54. The van der Waals surface area contributed by atoms with Gasteiger partial charge in [0.15, 0.2) is 0 Å². The number of rotatable bonds is 5. The third kappa shape index (κ3) is 4.60. The van der Waals surface area contributed by atoms with Crippen molar-refractivity contribution in [2.75, 3.05) is 19.6 Å². The van der Waals surface area contributed by atoms with Gasteiger partial charge >= 0.3 is 0 Å². The van der Waals surface area contributed by atoms with Crippen LogP contribution in [0, 0.1) is 40.5 Å². The van der Waals surface area contributed by atoms with Crippen molar-refractivity contribution in [2.24, 2.45) is 5.92 Å². The van der Waals surface area contributed by atoms with Gasteiger partial charge in [-0.05, 0) is 87.8 Å². The van der Waals surface area contributed by atoms with E-state index in [1.165, 1.54) is 0 Å². The summed E-state index contributed by atoms with van der Waals surface area (Å²) in [4.78, 5) is 12.9. The Morgan fingerprint density at radius 2 is 1.63 bits per heavy atom. The van der Waals surface area contributed by atoms with Crippen molar-refractivity contribution in [3.8, 4) is 0 Å². The first-order chi connectivity index (χ1) is 14.1. The summed E-state index contributed by atoms with van der Waals surface area (Å²) in [5, 5.41) is 2.98. The molecule has 1 fully saturated rings. The van der Waals surface area contributed by atoms with Crippen LogP contribution in [0.4, 0.5) is 0 Å². The summed E-state index contributed by atoms with van der Waals surface area (Å²) in [7, 11) is -3.58. The summed E-state index contributed by atoms with van der Waals surface area (Å²) >= 11 is 0. The quantitative estimate of drug-likeness (QED) is 0.781. The molecule has 0 radical (unpaired) electrons. The second-order valence-corrected chi connectivity index (χ2v) is 10.4. The lowest BCUT2D eigenvalue weighted by Crippen LogP contribution is -2.44. The van der Waals surface area contributed by atoms with E-state index in [1.54, 1.807) is 4.31 Å². The van der Waals surface area contributed by atoms with Gasteiger partial charge in [-0.2, -0.15) is 4.31 Å². The Labute approximate surface area is 180 Å². The Hall–Kier alpha value is -2.18. The maximum Gasteiger partial charge on any atom is 0.251 e. The Morgan fingerprint density at radius 3 is 2.23 bits per heavy atom. The van der Waals surface area contributed by atoms with Gasteiger partial charge in [0.1, 0.15) is 0 Å². The number of carbonyl (C=O) groups is 1. The molecule has 0 saturated carbocycles. The highest BCUT2D eigenvalue weighted by Gasteiger charge is 2.33. The zero-order valence-electron chi connectivity index (χ0n) is 18.6. The van der Waals surface area contributed by atoms with Crippen molar-refractivity contribution in [3.05, 3.63) is 63.7 Å². The van der Waals surface area contributed by atoms with Gasteiger partial charge in [0, 0.05) is 25.2 Å². The molecule has 1 aliphatic heterocycles. The van der Waals surface area contributed by atoms with E-state index in [2.05, 4.69) is 5.32 Å². The Balaban J connectivity index is 1.73. The molecule has 1 unspecified atom stereocenters. The number of amides is 1. The van der Waals surface area contributed by atoms with E-state index in [1.807, 2.05) is 65.0 Å². The van der Waals surface area contributed by atoms with Gasteiger partial charge in [0.05, 0.1) is 4.90 Å². The highest BCUT2D eigenvalue weighted by molar-refractivity contribution is 7.89. The van der Waals surface area contributed by atoms with E-state index in [0.717, 1.165) is 40.7 Å². The maximum absolute atomic E-state index is 13.5. The lowest BCUT2D eigenvalue weighted by molar-refractivity contribution is 0.0941. The molecule has 30 heavy (non-hydrogen) atoms. The molecule has 3 rings (SSSR count). The first-order valence-corrected chi connectivity index (χ1v) is 12.0. The van der Waals surface area contributed by atoms with Crippen LogP contribution in [0.5, 0.6) is 0 Å². The molecule has 1 saturated heterocycles. The first kappa shape index (κ1) is 22.5. The molecular weight excluding hydrogens is 396 g/mol. The van der Waals surface area contributed by atoms with Gasteiger partial charge in [0.25, 0.3) is 5.91 Å². The lowest BCUT2D eigenvalue weighted by Gasteiger charge is -2.33. The average molecular weight is 429 g/mol. The van der Waals surface area contributed by atoms with Crippen LogP contribution in [0.2, 0.25) is 0 Å². The van der Waals surface area contributed by atoms with Crippen LogP contribution in [-0.2, 0) is 10.0 Å². The van der Waals surface area contributed by atoms with E-state index < -0.39 is 10.0 Å². The van der Waals surface area contributed by atoms with E-state index in [4.69, 9.17) is 0 Å². The predicted molar refractivity (Wildman–Crippen MR) is 120 cm³/mol. The molecule has 0 aliphatic carbocycles. The predicted octanol–water partition coefficient (Wildman–Crippen LogP) is 4.06. The van der Waals surface area contributed by atoms with Gasteiger partial charge in [0.2, 0.25) is 10.0 Å². The van der Waals surface area contributed by atoms with Gasteiger partial charge < -0.3 is 5.32 Å². The Bertz CT molecular complexity index is 1020. The van der Waals surface area contributed by atoms with Crippen molar-refractivity contribution < 1.29 is 13.2 Å². The van der Waals surface area contributed by atoms with E-state index in [-0.39, 0.29) is 11.8 Å². The van der Waals surface area contributed by atoms with Gasteiger partial charge in [-0.1, -0.05) is 23.8 Å². The van der Waals surface area contributed by atoms with Crippen LogP contribution in [0.15, 0.2) is 35.2 Å². The Kier molecular flexibility index (Phi) is 6.68. The maximum atomic E-state index is 13.5. The fraction of sp³-hybridized carbons (Fsp3) is 0.458. The zero-order chi connectivity index (χ0) is 22.1. The summed E-state index contributed by atoms with van der Waals surface area (Å²) in [5.41, 5.74) is 5.38. The highest BCUT2D eigenvalue weighted by Crippen LogP contribution is 2.31. The molecule has 1 amide bonds. The van der Waals surface area contributed by atoms with Crippen molar-refractivity contribution in [2.45, 2.75) is 52.4 Å². The summed E-state index contributed by atoms with van der Waals surface area (Å²) in [6.45, 7) is 11.1. The molecule has 1 N–H and O–H groups in total. The number of sulfonamides is 1. The minimum atomic E-state index is -3.58. The molecule has 1 heterocycles. The fourth-order valence-corrected chi connectivity index (χ4v) is 6.28. The van der Waals surface area contributed by atoms with E-state index in [9.17, 15) is 13.2 Å². The van der Waals surface area contributed by atoms with Crippen molar-refractivity contribution >= 4 is 15.9 Å². The molecule has 2 aromatic carbocycles. The zero-order valence-corrected chi connectivity index (χ0v) is 19.4. The molecular formula is C24H32N2O3S. The molecule has 0 aromatic heterocycles. The van der Waals surface area contributed by atoms with Crippen LogP contribution in [-0.4, -0.2) is 38.3 Å². The summed E-state index contributed by atoms with van der Waals surface area (Å²) in [5.74, 6) is -0.00887. The molecule has 6 heteroatoms. The van der Waals surface area contributed by atoms with Crippen LogP contribution in [0.1, 0.15) is 51.0 Å². The van der Waals surface area contributed by atoms with Crippen molar-refractivity contribution in [1.29, 1.82) is 0 Å². The average Bonchev–Trinajstić information content (AvgIpc) is 2.71. The van der Waals surface area contributed by atoms with Crippen molar-refractivity contribution in [1.82, 2.24) is 9.62 Å². The molecule has 0 spiro atoms. The van der Waals surface area contributed by atoms with E-state index in [0.29, 0.717) is 30.1 Å². The molecule has 2 aromatic rings. The minimum absolute atomic E-state index is 0.106. The number of benzene rings is 2. The van der Waals surface area contributed by atoms with Crippen LogP contribution >= 0.6 is 0 Å². The van der Waals surface area contributed by atoms with Crippen LogP contribution in [0.3, 0.4) is 0 Å². The Morgan fingerprint density at radius 1 is 1.03 bits per heavy atom. The first-order valence-electron chi connectivity index (χ1n) is 10.5. The standard InChI is InChI=1S/C24H32N2O3S/c1-16-8-10-22(11-9-16)24(27)25-14-21-7-6-12-26(15-21)30(28,29)23-19(4)17(2)13-18(3)20(23)5/h8-11,13,21H,6-7,12,14-15H2,1-5H3,(H,25,27). The van der Waals surface area contributed by atoms with Crippen LogP contribution < -0.4 is 5.32 Å². The number of hydrogen-bond donors (Lipinski definition) is 1. The van der Waals surface area contributed by atoms with Gasteiger partial charge in [-0.3, -0.25) is 4.79 Å². The molecule has 5 nitrogen and oxygen atoms in total. The summed E-state index contributed by atoms with van der Waals surface area (Å²) in [6, 6.07) is 9.50. The largest absolute Gasteiger partial charge is 0.352 e. The summed E-state index contributed by atoms with van der Waals surface area (Å²) in [6.07, 6.45) is 1.71. The number of piperidine rings is 1.